The Morgan fingerprint density at radius 1 is 1.23 bits per heavy atom. The SMILES string of the molecule is O=C([O-])CCCN1C(=O)S/C(=C\C=C\c2ccccc2)C1=O. The molecule has 0 spiro atoms. The maximum Gasteiger partial charge on any atom is 0.293 e. The van der Waals surface area contributed by atoms with Crippen LogP contribution >= 0.6 is 11.8 Å². The fourth-order valence-electron chi connectivity index (χ4n) is 1.90. The summed E-state index contributed by atoms with van der Waals surface area (Å²) < 4.78 is 0. The number of hydrogen-bond acceptors (Lipinski definition) is 5. The predicted molar refractivity (Wildman–Crippen MR) is 82.5 cm³/mol. The van der Waals surface area contributed by atoms with Crippen molar-refractivity contribution in [2.24, 2.45) is 0 Å². The second-order valence-corrected chi connectivity index (χ2v) is 5.59. The largest absolute Gasteiger partial charge is 0.550 e. The molecular formula is C16H14NO4S-. The van der Waals surface area contributed by atoms with Crippen LogP contribution in [0.2, 0.25) is 0 Å². The van der Waals surface area contributed by atoms with E-state index in [-0.39, 0.29) is 30.5 Å². The van der Waals surface area contributed by atoms with Gasteiger partial charge in [-0.2, -0.15) is 0 Å². The molecule has 1 aliphatic rings. The lowest BCUT2D eigenvalue weighted by molar-refractivity contribution is -0.305. The van der Waals surface area contributed by atoms with Gasteiger partial charge in [0.15, 0.2) is 0 Å². The van der Waals surface area contributed by atoms with E-state index in [4.69, 9.17) is 0 Å². The Labute approximate surface area is 132 Å². The molecule has 22 heavy (non-hydrogen) atoms. The Hall–Kier alpha value is -2.34. The first-order valence-corrected chi connectivity index (χ1v) is 7.56. The highest BCUT2D eigenvalue weighted by atomic mass is 32.2. The van der Waals surface area contributed by atoms with E-state index in [2.05, 4.69) is 0 Å². The number of benzene rings is 1. The Bertz CT molecular complexity index is 637. The third-order valence-electron chi connectivity index (χ3n) is 2.97. The smallest absolute Gasteiger partial charge is 0.293 e. The van der Waals surface area contributed by atoms with Gasteiger partial charge in [-0.05, 0) is 36.2 Å². The minimum atomic E-state index is -1.19. The van der Waals surface area contributed by atoms with Crippen molar-refractivity contribution in [3.05, 3.63) is 53.0 Å². The van der Waals surface area contributed by atoms with Crippen molar-refractivity contribution < 1.29 is 19.5 Å². The number of hydrogen-bond donors (Lipinski definition) is 0. The number of carbonyl (C=O) groups is 3. The number of rotatable bonds is 6. The summed E-state index contributed by atoms with van der Waals surface area (Å²) in [6.45, 7) is 0.0956. The molecule has 6 heteroatoms. The molecule has 0 N–H and O–H groups in total. The van der Waals surface area contributed by atoms with Crippen molar-refractivity contribution in [3.63, 3.8) is 0 Å². The van der Waals surface area contributed by atoms with Gasteiger partial charge in [0.2, 0.25) is 0 Å². The highest BCUT2D eigenvalue weighted by molar-refractivity contribution is 8.18. The zero-order valence-electron chi connectivity index (χ0n) is 11.7. The molecule has 1 heterocycles. The molecule has 0 saturated carbocycles. The highest BCUT2D eigenvalue weighted by Gasteiger charge is 2.33. The first-order valence-electron chi connectivity index (χ1n) is 6.75. The van der Waals surface area contributed by atoms with Crippen LogP contribution in [0.3, 0.4) is 0 Å². The van der Waals surface area contributed by atoms with Gasteiger partial charge in [-0.25, -0.2) is 0 Å². The lowest BCUT2D eigenvalue weighted by Gasteiger charge is -2.11. The summed E-state index contributed by atoms with van der Waals surface area (Å²) in [5, 5.41) is 9.98. The van der Waals surface area contributed by atoms with Crippen molar-refractivity contribution in [1.82, 2.24) is 4.90 Å². The van der Waals surface area contributed by atoms with E-state index < -0.39 is 5.97 Å². The number of imide groups is 1. The Kier molecular flexibility index (Phi) is 5.55. The van der Waals surface area contributed by atoms with Gasteiger partial charge < -0.3 is 9.90 Å². The van der Waals surface area contributed by atoms with Crippen molar-refractivity contribution in [3.8, 4) is 0 Å². The van der Waals surface area contributed by atoms with Gasteiger partial charge in [0, 0.05) is 12.5 Å². The number of aliphatic carboxylic acids is 1. The fourth-order valence-corrected chi connectivity index (χ4v) is 2.72. The molecule has 1 aliphatic heterocycles. The van der Waals surface area contributed by atoms with Crippen LogP contribution in [0.25, 0.3) is 6.08 Å². The van der Waals surface area contributed by atoms with E-state index in [1.54, 1.807) is 12.2 Å². The number of amides is 2. The predicted octanol–water partition coefficient (Wildman–Crippen LogP) is 1.81. The molecule has 114 valence electrons. The second-order valence-electron chi connectivity index (χ2n) is 4.60. The average molecular weight is 316 g/mol. The first-order chi connectivity index (χ1) is 10.6. The molecule has 0 bridgehead atoms. The molecule has 0 unspecified atom stereocenters. The Balaban J connectivity index is 1.97. The zero-order chi connectivity index (χ0) is 15.9. The molecule has 1 saturated heterocycles. The molecule has 1 aromatic rings. The summed E-state index contributed by atoms with van der Waals surface area (Å²) in [5.74, 6) is -1.57. The number of nitrogens with zero attached hydrogens (tertiary/aromatic N) is 1. The van der Waals surface area contributed by atoms with Gasteiger partial charge in [0.1, 0.15) is 0 Å². The van der Waals surface area contributed by atoms with E-state index in [0.29, 0.717) is 4.91 Å². The van der Waals surface area contributed by atoms with Crippen LogP contribution in [0.5, 0.6) is 0 Å². The first kappa shape index (κ1) is 16.0. The summed E-state index contributed by atoms with van der Waals surface area (Å²) >= 11 is 0.860. The van der Waals surface area contributed by atoms with E-state index in [9.17, 15) is 19.5 Å². The third kappa shape index (κ3) is 4.33. The number of carbonyl (C=O) groups excluding carboxylic acids is 3. The summed E-state index contributed by atoms with van der Waals surface area (Å²) in [4.78, 5) is 35.6. The minimum absolute atomic E-state index is 0.0956. The Morgan fingerprint density at radius 3 is 2.64 bits per heavy atom. The van der Waals surface area contributed by atoms with Crippen LogP contribution < -0.4 is 5.11 Å². The maximum atomic E-state index is 12.1. The average Bonchev–Trinajstić information content (AvgIpc) is 2.76. The molecular weight excluding hydrogens is 302 g/mol. The van der Waals surface area contributed by atoms with Crippen molar-refractivity contribution >= 4 is 35.0 Å². The number of allylic oxidation sites excluding steroid dienone is 2. The van der Waals surface area contributed by atoms with Gasteiger partial charge >= 0.3 is 0 Å². The lowest BCUT2D eigenvalue weighted by atomic mass is 10.2. The minimum Gasteiger partial charge on any atom is -0.550 e. The molecule has 1 aromatic carbocycles. The van der Waals surface area contributed by atoms with Crippen LogP contribution in [0.1, 0.15) is 18.4 Å². The monoisotopic (exact) mass is 316 g/mol. The molecule has 5 nitrogen and oxygen atoms in total. The van der Waals surface area contributed by atoms with Gasteiger partial charge in [-0.1, -0.05) is 42.5 Å². The normalized spacial score (nSPS) is 16.9. The molecule has 0 aliphatic carbocycles. The lowest BCUT2D eigenvalue weighted by Crippen LogP contribution is -2.30. The fraction of sp³-hybridized carbons (Fsp3) is 0.188. The molecule has 0 radical (unpaired) electrons. The van der Waals surface area contributed by atoms with Crippen molar-refractivity contribution in [1.29, 1.82) is 0 Å². The second kappa shape index (κ2) is 7.61. The highest BCUT2D eigenvalue weighted by Crippen LogP contribution is 2.30. The van der Waals surface area contributed by atoms with Crippen LogP contribution in [0, 0.1) is 0 Å². The Morgan fingerprint density at radius 2 is 1.95 bits per heavy atom. The van der Waals surface area contributed by atoms with Crippen molar-refractivity contribution in [2.75, 3.05) is 6.54 Å². The molecule has 0 aromatic heterocycles. The maximum absolute atomic E-state index is 12.1. The molecule has 1 fully saturated rings. The van der Waals surface area contributed by atoms with Crippen LogP contribution in [0.4, 0.5) is 4.79 Å². The topological polar surface area (TPSA) is 77.5 Å². The molecule has 2 rings (SSSR count). The standard InChI is InChI=1S/C16H15NO4S/c18-14(19)10-5-11-17-15(20)13(22-16(17)21)9-4-8-12-6-2-1-3-7-12/h1-4,6-9H,5,10-11H2,(H,18,19)/p-1/b8-4+,13-9-. The van der Waals surface area contributed by atoms with Gasteiger partial charge in [-0.3, -0.25) is 14.5 Å². The zero-order valence-corrected chi connectivity index (χ0v) is 12.5. The molecule has 0 atom stereocenters. The third-order valence-corrected chi connectivity index (χ3v) is 3.90. The van der Waals surface area contributed by atoms with E-state index in [1.165, 1.54) is 0 Å². The van der Waals surface area contributed by atoms with Gasteiger partial charge in [0.25, 0.3) is 11.1 Å². The number of thioether (sulfide) groups is 1. The summed E-state index contributed by atoms with van der Waals surface area (Å²) in [7, 11) is 0. The summed E-state index contributed by atoms with van der Waals surface area (Å²) in [6.07, 6.45) is 5.18. The van der Waals surface area contributed by atoms with Crippen LogP contribution in [0.15, 0.2) is 47.4 Å². The van der Waals surface area contributed by atoms with E-state index in [1.807, 2.05) is 36.4 Å². The number of carboxylic acid groups (broad SMARTS) is 1. The van der Waals surface area contributed by atoms with Gasteiger partial charge in [0.05, 0.1) is 4.91 Å². The van der Waals surface area contributed by atoms with E-state index in [0.717, 1.165) is 22.2 Å². The van der Waals surface area contributed by atoms with E-state index >= 15 is 0 Å². The van der Waals surface area contributed by atoms with Crippen molar-refractivity contribution in [2.45, 2.75) is 12.8 Å². The summed E-state index contributed by atoms with van der Waals surface area (Å²) in [5.41, 5.74) is 0.993. The summed E-state index contributed by atoms with van der Waals surface area (Å²) in [6, 6.07) is 9.58. The quantitative estimate of drug-likeness (QED) is 0.748. The van der Waals surface area contributed by atoms with Crippen LogP contribution in [-0.4, -0.2) is 28.6 Å². The molecule has 2 amide bonds. The van der Waals surface area contributed by atoms with Crippen LogP contribution in [-0.2, 0) is 9.59 Å². The van der Waals surface area contributed by atoms with Gasteiger partial charge in [-0.15, -0.1) is 0 Å². The number of carboxylic acids is 1.